The van der Waals surface area contributed by atoms with Crippen molar-refractivity contribution in [2.75, 3.05) is 0 Å². The number of aryl methyl sites for hydroxylation is 1. The zero-order chi connectivity index (χ0) is 13.4. The number of rotatable bonds is 3. The molecule has 2 rings (SSSR count). The largest absolute Gasteiger partial charge is 0.385 e. The number of carbonyl (C=O) groups excluding carboxylic acids is 1. The maximum Gasteiger partial charge on any atom is 0.249 e. The third kappa shape index (κ3) is 1.77. The first kappa shape index (κ1) is 12.6. The van der Waals surface area contributed by atoms with Crippen LogP contribution >= 0.6 is 0 Å². The summed E-state index contributed by atoms with van der Waals surface area (Å²) < 4.78 is 1.90. The molecule has 0 bridgehead atoms. The lowest BCUT2D eigenvalue weighted by atomic mass is 10.0. The first-order chi connectivity index (χ1) is 8.45. The minimum atomic E-state index is -1.60. The number of nitrogens with zero attached hydrogens (tertiary/aromatic N) is 1. The van der Waals surface area contributed by atoms with E-state index < -0.39 is 18.1 Å². The predicted octanol–water partition coefficient (Wildman–Crippen LogP) is 0.366. The molecule has 2 aromatic rings. The molecule has 5 nitrogen and oxygen atoms in total. The predicted molar refractivity (Wildman–Crippen MR) is 67.8 cm³/mol. The fourth-order valence-electron chi connectivity index (χ4n) is 2.24. The van der Waals surface area contributed by atoms with Crippen LogP contribution in [0.5, 0.6) is 0 Å². The fourth-order valence-corrected chi connectivity index (χ4v) is 2.24. The Kier molecular flexibility index (Phi) is 3.11. The van der Waals surface area contributed by atoms with Crippen LogP contribution in [0.25, 0.3) is 10.9 Å². The molecule has 18 heavy (non-hydrogen) atoms. The molecule has 0 spiro atoms. The number of primary amides is 1. The fraction of sp³-hybridized carbons (Fsp3) is 0.308. The average molecular weight is 248 g/mol. The van der Waals surface area contributed by atoms with Gasteiger partial charge in [-0.2, -0.15) is 0 Å². The van der Waals surface area contributed by atoms with Crippen molar-refractivity contribution < 1.29 is 15.0 Å². The molecular formula is C13H16N2O3. The van der Waals surface area contributed by atoms with Gasteiger partial charge in [0.2, 0.25) is 5.91 Å². The lowest BCUT2D eigenvalue weighted by Crippen LogP contribution is -2.34. The van der Waals surface area contributed by atoms with Gasteiger partial charge in [-0.1, -0.05) is 18.2 Å². The molecule has 0 aliphatic carbocycles. The van der Waals surface area contributed by atoms with Crippen molar-refractivity contribution in [2.45, 2.75) is 19.1 Å². The van der Waals surface area contributed by atoms with E-state index >= 15 is 0 Å². The number of aliphatic hydroxyl groups is 2. The van der Waals surface area contributed by atoms with E-state index in [1.165, 1.54) is 0 Å². The minimum absolute atomic E-state index is 0.541. The smallest absolute Gasteiger partial charge is 0.249 e. The number of aromatic nitrogens is 1. The summed E-state index contributed by atoms with van der Waals surface area (Å²) in [7, 11) is 1.87. The Hall–Kier alpha value is -1.85. The molecule has 5 heteroatoms. The second kappa shape index (κ2) is 4.44. The van der Waals surface area contributed by atoms with E-state index in [4.69, 9.17) is 5.73 Å². The van der Waals surface area contributed by atoms with E-state index in [0.717, 1.165) is 16.6 Å². The van der Waals surface area contributed by atoms with Crippen molar-refractivity contribution in [3.05, 3.63) is 35.5 Å². The molecule has 0 fully saturated rings. The lowest BCUT2D eigenvalue weighted by Gasteiger charge is -2.15. The average Bonchev–Trinajstić information content (AvgIpc) is 2.61. The highest BCUT2D eigenvalue weighted by molar-refractivity contribution is 5.87. The quantitative estimate of drug-likeness (QED) is 0.733. The topological polar surface area (TPSA) is 88.5 Å². The Morgan fingerprint density at radius 3 is 2.56 bits per heavy atom. The van der Waals surface area contributed by atoms with E-state index in [9.17, 15) is 15.0 Å². The van der Waals surface area contributed by atoms with Gasteiger partial charge in [-0.05, 0) is 13.0 Å². The highest BCUT2D eigenvalue weighted by Crippen LogP contribution is 2.31. The summed E-state index contributed by atoms with van der Waals surface area (Å²) in [5, 5.41) is 20.5. The number of para-hydroxylation sites is 1. The van der Waals surface area contributed by atoms with Crippen LogP contribution in [-0.2, 0) is 11.8 Å². The molecule has 2 unspecified atom stereocenters. The van der Waals surface area contributed by atoms with Crippen molar-refractivity contribution in [2.24, 2.45) is 12.8 Å². The molecule has 1 aromatic heterocycles. The van der Waals surface area contributed by atoms with Gasteiger partial charge in [-0.3, -0.25) is 4.79 Å². The van der Waals surface area contributed by atoms with Crippen LogP contribution in [0.2, 0.25) is 0 Å². The second-order valence-corrected chi connectivity index (χ2v) is 4.37. The SMILES string of the molecule is Cc1c(C(O)C(O)C(N)=O)c2ccccc2n1C. The minimum Gasteiger partial charge on any atom is -0.385 e. The second-order valence-electron chi connectivity index (χ2n) is 4.37. The third-order valence-electron chi connectivity index (χ3n) is 3.33. The standard InChI is InChI=1S/C13H16N2O3/c1-7-10(11(16)12(17)13(14)18)8-5-3-4-6-9(8)15(7)2/h3-6,11-12,16-17H,1-2H3,(H2,14,18). The summed E-state index contributed by atoms with van der Waals surface area (Å²) in [6, 6.07) is 7.49. The van der Waals surface area contributed by atoms with Gasteiger partial charge < -0.3 is 20.5 Å². The number of hydrogen-bond donors (Lipinski definition) is 3. The number of carbonyl (C=O) groups is 1. The highest BCUT2D eigenvalue weighted by Gasteiger charge is 2.28. The number of benzene rings is 1. The summed E-state index contributed by atoms with van der Waals surface area (Å²) in [5.41, 5.74) is 7.29. The number of fused-ring (bicyclic) bond motifs is 1. The Labute approximate surface area is 104 Å². The summed E-state index contributed by atoms with van der Waals surface area (Å²) in [4.78, 5) is 11.0. The van der Waals surface area contributed by atoms with Gasteiger partial charge in [-0.25, -0.2) is 0 Å². The Balaban J connectivity index is 2.64. The molecule has 1 aromatic carbocycles. The van der Waals surface area contributed by atoms with Crippen LogP contribution in [0.4, 0.5) is 0 Å². The lowest BCUT2D eigenvalue weighted by molar-refractivity contribution is -0.131. The summed E-state index contributed by atoms with van der Waals surface area (Å²) in [6.07, 6.45) is -2.91. The molecule has 0 aliphatic rings. The van der Waals surface area contributed by atoms with Crippen LogP contribution in [0.1, 0.15) is 17.4 Å². The zero-order valence-electron chi connectivity index (χ0n) is 10.3. The van der Waals surface area contributed by atoms with Gasteiger partial charge in [0.05, 0.1) is 0 Å². The van der Waals surface area contributed by atoms with Crippen LogP contribution in [0.15, 0.2) is 24.3 Å². The molecule has 0 radical (unpaired) electrons. The molecule has 2 atom stereocenters. The van der Waals surface area contributed by atoms with Crippen molar-refractivity contribution in [3.63, 3.8) is 0 Å². The van der Waals surface area contributed by atoms with Crippen molar-refractivity contribution in [1.29, 1.82) is 0 Å². The van der Waals surface area contributed by atoms with Crippen LogP contribution in [-0.4, -0.2) is 26.8 Å². The van der Waals surface area contributed by atoms with E-state index in [-0.39, 0.29) is 0 Å². The molecule has 0 saturated carbocycles. The van der Waals surface area contributed by atoms with E-state index in [1.54, 1.807) is 0 Å². The molecule has 96 valence electrons. The van der Waals surface area contributed by atoms with Crippen molar-refractivity contribution in [1.82, 2.24) is 4.57 Å². The summed E-state index contributed by atoms with van der Waals surface area (Å²) in [5.74, 6) is -0.935. The van der Waals surface area contributed by atoms with Gasteiger partial charge in [-0.15, -0.1) is 0 Å². The first-order valence-electron chi connectivity index (χ1n) is 5.64. The molecule has 4 N–H and O–H groups in total. The Bertz CT molecular complexity index is 604. The van der Waals surface area contributed by atoms with Crippen LogP contribution in [0.3, 0.4) is 0 Å². The molecule has 1 amide bonds. The number of nitrogens with two attached hydrogens (primary N) is 1. The molecule has 1 heterocycles. The van der Waals surface area contributed by atoms with Gasteiger partial charge in [0.1, 0.15) is 6.10 Å². The monoisotopic (exact) mass is 248 g/mol. The maximum absolute atomic E-state index is 11.0. The van der Waals surface area contributed by atoms with Crippen LogP contribution < -0.4 is 5.73 Å². The number of aliphatic hydroxyl groups excluding tert-OH is 2. The van der Waals surface area contributed by atoms with E-state index in [1.807, 2.05) is 42.8 Å². The maximum atomic E-state index is 11.0. The van der Waals surface area contributed by atoms with Gasteiger partial charge >= 0.3 is 0 Å². The van der Waals surface area contributed by atoms with Crippen molar-refractivity contribution in [3.8, 4) is 0 Å². The zero-order valence-corrected chi connectivity index (χ0v) is 10.3. The number of amides is 1. The molecule has 0 aliphatic heterocycles. The van der Waals surface area contributed by atoms with Gasteiger partial charge in [0, 0.05) is 29.2 Å². The number of hydrogen-bond acceptors (Lipinski definition) is 3. The summed E-state index contributed by atoms with van der Waals surface area (Å²) >= 11 is 0. The van der Waals surface area contributed by atoms with Gasteiger partial charge in [0.25, 0.3) is 0 Å². The normalized spacial score (nSPS) is 14.7. The Morgan fingerprint density at radius 2 is 1.94 bits per heavy atom. The summed E-state index contributed by atoms with van der Waals surface area (Å²) in [6.45, 7) is 1.83. The highest BCUT2D eigenvalue weighted by atomic mass is 16.3. The van der Waals surface area contributed by atoms with Crippen molar-refractivity contribution >= 4 is 16.8 Å². The van der Waals surface area contributed by atoms with E-state index in [0.29, 0.717) is 5.56 Å². The van der Waals surface area contributed by atoms with Gasteiger partial charge in [0.15, 0.2) is 6.10 Å². The first-order valence-corrected chi connectivity index (χ1v) is 5.64. The molecular weight excluding hydrogens is 232 g/mol. The Morgan fingerprint density at radius 1 is 1.33 bits per heavy atom. The third-order valence-corrected chi connectivity index (χ3v) is 3.33. The van der Waals surface area contributed by atoms with E-state index in [2.05, 4.69) is 0 Å². The van der Waals surface area contributed by atoms with Crippen LogP contribution in [0, 0.1) is 6.92 Å². The molecule has 0 saturated heterocycles.